The molecule has 0 amide bonds. The van der Waals surface area contributed by atoms with Gasteiger partial charge in [-0.25, -0.2) is 4.98 Å². The van der Waals surface area contributed by atoms with Crippen molar-refractivity contribution in [2.24, 2.45) is 0 Å². The van der Waals surface area contributed by atoms with Crippen molar-refractivity contribution >= 4 is 11.1 Å². The maximum absolute atomic E-state index is 12.9. The SMILES string of the molecule is OC(c1ccc2nc(-c3ccccc3)oc2c1)(C(F)(F)F)C(F)(F)F. The quantitative estimate of drug-likeness (QED) is 0.667. The van der Waals surface area contributed by atoms with Gasteiger partial charge in [0, 0.05) is 11.1 Å². The van der Waals surface area contributed by atoms with Crippen LogP contribution in [0.3, 0.4) is 0 Å². The maximum Gasteiger partial charge on any atom is 0.430 e. The summed E-state index contributed by atoms with van der Waals surface area (Å²) < 4.78 is 82.9. The summed E-state index contributed by atoms with van der Waals surface area (Å²) in [6.07, 6.45) is -11.9. The van der Waals surface area contributed by atoms with Crippen LogP contribution >= 0.6 is 0 Å². The molecule has 25 heavy (non-hydrogen) atoms. The number of halogens is 6. The first-order chi connectivity index (χ1) is 11.5. The Morgan fingerprint density at radius 1 is 0.840 bits per heavy atom. The van der Waals surface area contributed by atoms with Crippen LogP contribution in [-0.4, -0.2) is 22.4 Å². The number of aromatic nitrogens is 1. The minimum atomic E-state index is -5.96. The number of benzene rings is 2. The van der Waals surface area contributed by atoms with Gasteiger partial charge in [0.25, 0.3) is 5.60 Å². The molecule has 132 valence electrons. The van der Waals surface area contributed by atoms with Gasteiger partial charge in [0.2, 0.25) is 5.89 Å². The van der Waals surface area contributed by atoms with Crippen LogP contribution in [0.4, 0.5) is 26.3 Å². The summed E-state index contributed by atoms with van der Waals surface area (Å²) in [5.41, 5.74) is -6.14. The fourth-order valence-electron chi connectivity index (χ4n) is 2.34. The van der Waals surface area contributed by atoms with Crippen LogP contribution < -0.4 is 0 Å². The van der Waals surface area contributed by atoms with Crippen molar-refractivity contribution in [1.82, 2.24) is 4.98 Å². The van der Waals surface area contributed by atoms with Gasteiger partial charge < -0.3 is 9.52 Å². The van der Waals surface area contributed by atoms with Crippen molar-refractivity contribution in [2.45, 2.75) is 18.0 Å². The van der Waals surface area contributed by atoms with E-state index in [2.05, 4.69) is 4.98 Å². The molecule has 0 atom stereocenters. The lowest BCUT2D eigenvalue weighted by Gasteiger charge is -2.32. The van der Waals surface area contributed by atoms with Gasteiger partial charge in [-0.2, -0.15) is 26.3 Å². The normalized spacial score (nSPS) is 13.4. The first-order valence-corrected chi connectivity index (χ1v) is 6.86. The van der Waals surface area contributed by atoms with Gasteiger partial charge in [0.05, 0.1) is 0 Å². The Hall–Kier alpha value is -2.55. The van der Waals surface area contributed by atoms with E-state index in [0.29, 0.717) is 17.7 Å². The van der Waals surface area contributed by atoms with E-state index in [1.807, 2.05) is 0 Å². The van der Waals surface area contributed by atoms with Crippen LogP contribution in [0, 0.1) is 0 Å². The predicted octanol–water partition coefficient (Wildman–Crippen LogP) is 4.81. The first kappa shape index (κ1) is 17.3. The maximum atomic E-state index is 12.9. The summed E-state index contributed by atoms with van der Waals surface area (Å²) in [5.74, 6) is 0.0373. The molecule has 3 rings (SSSR count). The van der Waals surface area contributed by atoms with Crippen LogP contribution in [0.1, 0.15) is 5.56 Å². The Bertz CT molecular complexity index is 884. The molecule has 0 fully saturated rings. The van der Waals surface area contributed by atoms with Crippen LogP contribution in [0.2, 0.25) is 0 Å². The summed E-state index contributed by atoms with van der Waals surface area (Å²) in [4.78, 5) is 4.02. The molecule has 1 N–H and O–H groups in total. The fraction of sp³-hybridized carbons (Fsp3) is 0.188. The molecule has 3 nitrogen and oxygen atoms in total. The highest BCUT2D eigenvalue weighted by atomic mass is 19.4. The molecule has 0 aliphatic rings. The minimum absolute atomic E-state index is 0.0373. The first-order valence-electron chi connectivity index (χ1n) is 6.86. The third-order valence-electron chi connectivity index (χ3n) is 3.65. The van der Waals surface area contributed by atoms with Gasteiger partial charge in [-0.1, -0.05) is 24.3 Å². The largest absolute Gasteiger partial charge is 0.436 e. The number of aliphatic hydroxyl groups is 1. The number of oxazole rings is 1. The van der Waals surface area contributed by atoms with E-state index in [-0.39, 0.29) is 17.0 Å². The van der Waals surface area contributed by atoms with Crippen molar-refractivity contribution in [1.29, 1.82) is 0 Å². The minimum Gasteiger partial charge on any atom is -0.436 e. The summed E-state index contributed by atoms with van der Waals surface area (Å²) in [6, 6.07) is 10.3. The molecule has 0 saturated heterocycles. The molecule has 0 saturated carbocycles. The van der Waals surface area contributed by atoms with Gasteiger partial charge in [-0.3, -0.25) is 0 Å². The monoisotopic (exact) mass is 361 g/mol. The molecule has 0 aliphatic heterocycles. The molecule has 0 bridgehead atoms. The number of fused-ring (bicyclic) bond motifs is 1. The lowest BCUT2D eigenvalue weighted by Crippen LogP contribution is -2.53. The zero-order chi connectivity index (χ0) is 18.5. The van der Waals surface area contributed by atoms with Crippen molar-refractivity contribution in [3.8, 4) is 11.5 Å². The zero-order valence-electron chi connectivity index (χ0n) is 12.2. The third-order valence-corrected chi connectivity index (χ3v) is 3.65. The van der Waals surface area contributed by atoms with Crippen molar-refractivity contribution in [3.63, 3.8) is 0 Å². The smallest absolute Gasteiger partial charge is 0.430 e. The molecule has 0 unspecified atom stereocenters. The topological polar surface area (TPSA) is 46.3 Å². The van der Waals surface area contributed by atoms with Crippen molar-refractivity contribution in [2.75, 3.05) is 0 Å². The number of nitrogens with zero attached hydrogens (tertiary/aromatic N) is 1. The predicted molar refractivity (Wildman–Crippen MR) is 75.5 cm³/mol. The Morgan fingerprint density at radius 3 is 2.00 bits per heavy atom. The average Bonchev–Trinajstić information content (AvgIpc) is 2.96. The van der Waals surface area contributed by atoms with E-state index in [1.165, 1.54) is 0 Å². The van der Waals surface area contributed by atoms with Crippen LogP contribution in [0.15, 0.2) is 52.9 Å². The van der Waals surface area contributed by atoms with E-state index >= 15 is 0 Å². The number of hydrogen-bond donors (Lipinski definition) is 1. The highest BCUT2D eigenvalue weighted by Gasteiger charge is 2.71. The lowest BCUT2D eigenvalue weighted by molar-refractivity contribution is -0.376. The summed E-state index contributed by atoms with van der Waals surface area (Å²) in [6.45, 7) is 0. The highest BCUT2D eigenvalue weighted by Crippen LogP contribution is 2.50. The molecule has 9 heteroatoms. The number of alkyl halides is 6. The molecule has 3 aromatic rings. The van der Waals surface area contributed by atoms with E-state index in [9.17, 15) is 31.4 Å². The Kier molecular flexibility index (Phi) is 3.79. The summed E-state index contributed by atoms with van der Waals surface area (Å²) >= 11 is 0. The van der Waals surface area contributed by atoms with Gasteiger partial charge in [0.15, 0.2) is 5.58 Å². The van der Waals surface area contributed by atoms with Crippen molar-refractivity contribution < 1.29 is 35.9 Å². The van der Waals surface area contributed by atoms with Crippen LogP contribution in [0.5, 0.6) is 0 Å². The molecule has 0 aliphatic carbocycles. The average molecular weight is 361 g/mol. The Balaban J connectivity index is 2.15. The van der Waals surface area contributed by atoms with Crippen LogP contribution in [0.25, 0.3) is 22.6 Å². The second kappa shape index (κ2) is 5.48. The van der Waals surface area contributed by atoms with E-state index in [0.717, 1.165) is 6.07 Å². The molecular weight excluding hydrogens is 352 g/mol. The zero-order valence-corrected chi connectivity index (χ0v) is 12.2. The molecule has 1 heterocycles. The molecule has 0 spiro atoms. The van der Waals surface area contributed by atoms with Crippen molar-refractivity contribution in [3.05, 3.63) is 54.1 Å². The van der Waals surface area contributed by atoms with E-state index in [4.69, 9.17) is 4.42 Å². The van der Waals surface area contributed by atoms with Gasteiger partial charge >= 0.3 is 12.4 Å². The lowest BCUT2D eigenvalue weighted by atomic mass is 9.92. The molecule has 0 radical (unpaired) electrons. The second-order valence-electron chi connectivity index (χ2n) is 5.27. The fourth-order valence-corrected chi connectivity index (χ4v) is 2.34. The molecule has 1 aromatic heterocycles. The van der Waals surface area contributed by atoms with Crippen LogP contribution in [-0.2, 0) is 5.60 Å². The second-order valence-corrected chi connectivity index (χ2v) is 5.27. The van der Waals surface area contributed by atoms with Gasteiger partial charge in [-0.05, 0) is 24.3 Å². The van der Waals surface area contributed by atoms with Gasteiger partial charge in [0.1, 0.15) is 5.52 Å². The highest BCUT2D eigenvalue weighted by molar-refractivity contribution is 5.77. The standard InChI is InChI=1S/C16H9F6NO2/c17-15(18,19)14(24,16(20,21)22)10-6-7-11-12(8-10)25-13(23-11)9-4-2-1-3-5-9/h1-8,24H. The Morgan fingerprint density at radius 2 is 1.44 bits per heavy atom. The van der Waals surface area contributed by atoms with E-state index < -0.39 is 23.5 Å². The number of rotatable bonds is 2. The van der Waals surface area contributed by atoms with Gasteiger partial charge in [-0.15, -0.1) is 0 Å². The summed E-state index contributed by atoms with van der Waals surface area (Å²) in [5, 5.41) is 9.43. The molecular formula is C16H9F6NO2. The number of hydrogen-bond acceptors (Lipinski definition) is 3. The van der Waals surface area contributed by atoms with E-state index in [1.54, 1.807) is 30.3 Å². The summed E-state index contributed by atoms with van der Waals surface area (Å²) in [7, 11) is 0. The molecule has 2 aromatic carbocycles. The third kappa shape index (κ3) is 2.74. The Labute approximate surface area is 136 Å².